The maximum atomic E-state index is 10.5. The molecule has 0 unspecified atom stereocenters. The third kappa shape index (κ3) is 1.73. The molecule has 1 aromatic rings. The Bertz CT molecular complexity index is 297. The quantitative estimate of drug-likeness (QED) is 0.501. The summed E-state index contributed by atoms with van der Waals surface area (Å²) in [5.74, 6) is 4.48. The molecule has 0 bridgehead atoms. The molecule has 0 radical (unpaired) electrons. The minimum absolute atomic E-state index is 0.241. The average molecular weight is 166 g/mol. The molecule has 3 N–H and O–H groups in total. The average Bonchev–Trinajstić information content (AvgIpc) is 2.04. The number of hydrazine groups is 1. The predicted octanol–water partition coefficient (Wildman–Crippen LogP) is 0.695. The Labute approximate surface area is 70.2 Å². The van der Waals surface area contributed by atoms with Crippen molar-refractivity contribution in [2.45, 2.75) is 0 Å². The summed E-state index contributed by atoms with van der Waals surface area (Å²) < 4.78 is 0. The molecule has 4 nitrogen and oxygen atoms in total. The van der Waals surface area contributed by atoms with Gasteiger partial charge in [0.25, 0.3) is 0 Å². The van der Waals surface area contributed by atoms with Gasteiger partial charge in [-0.3, -0.25) is 0 Å². The van der Waals surface area contributed by atoms with Crippen molar-refractivity contribution < 1.29 is 9.90 Å². The van der Waals surface area contributed by atoms with E-state index in [1.165, 1.54) is 17.1 Å². The van der Waals surface area contributed by atoms with E-state index in [1.54, 1.807) is 19.2 Å². The van der Waals surface area contributed by atoms with Gasteiger partial charge in [-0.2, -0.15) is 0 Å². The van der Waals surface area contributed by atoms with Crippen molar-refractivity contribution in [1.29, 1.82) is 0 Å². The summed E-state index contributed by atoms with van der Waals surface area (Å²) in [6.07, 6.45) is 0. The molecule has 0 aliphatic heterocycles. The lowest BCUT2D eigenvalue weighted by molar-refractivity contribution is 0.0697. The molecule has 0 saturated carbocycles. The van der Waals surface area contributed by atoms with E-state index in [-0.39, 0.29) is 5.56 Å². The molecule has 64 valence electrons. The Kier molecular flexibility index (Phi) is 2.30. The van der Waals surface area contributed by atoms with Crippen molar-refractivity contribution in [3.8, 4) is 0 Å². The zero-order valence-corrected chi connectivity index (χ0v) is 6.69. The summed E-state index contributed by atoms with van der Waals surface area (Å²) >= 11 is 0. The van der Waals surface area contributed by atoms with Crippen LogP contribution in [-0.2, 0) is 0 Å². The number of carboxylic acids is 1. The molecular weight excluding hydrogens is 156 g/mol. The third-order valence-electron chi connectivity index (χ3n) is 1.50. The Balaban J connectivity index is 3.04. The van der Waals surface area contributed by atoms with Gasteiger partial charge in [-0.05, 0) is 18.2 Å². The fourth-order valence-corrected chi connectivity index (χ4v) is 0.858. The zero-order chi connectivity index (χ0) is 9.14. The first kappa shape index (κ1) is 8.55. The molecule has 0 fully saturated rings. The highest BCUT2D eigenvalue weighted by Crippen LogP contribution is 2.11. The summed E-state index contributed by atoms with van der Waals surface area (Å²) in [7, 11) is 1.65. The maximum absolute atomic E-state index is 10.5. The number of nitrogens with two attached hydrogens (primary N) is 1. The summed E-state index contributed by atoms with van der Waals surface area (Å²) in [5, 5.41) is 10.00. The van der Waals surface area contributed by atoms with E-state index < -0.39 is 5.97 Å². The fraction of sp³-hybridized carbons (Fsp3) is 0.125. The minimum atomic E-state index is -0.946. The van der Waals surface area contributed by atoms with Crippen LogP contribution < -0.4 is 10.9 Å². The van der Waals surface area contributed by atoms with Crippen molar-refractivity contribution in [3.05, 3.63) is 29.8 Å². The van der Waals surface area contributed by atoms with E-state index in [0.717, 1.165) is 0 Å². The number of aromatic carboxylic acids is 1. The van der Waals surface area contributed by atoms with Crippen LogP contribution in [0.15, 0.2) is 24.3 Å². The molecule has 4 heteroatoms. The smallest absolute Gasteiger partial charge is 0.335 e. The van der Waals surface area contributed by atoms with Crippen LogP contribution in [0.5, 0.6) is 0 Å². The molecule has 0 spiro atoms. The van der Waals surface area contributed by atoms with Crippen LogP contribution >= 0.6 is 0 Å². The van der Waals surface area contributed by atoms with Crippen molar-refractivity contribution in [2.75, 3.05) is 12.1 Å². The SMILES string of the molecule is CN(N)c1cccc(C(=O)O)c1. The van der Waals surface area contributed by atoms with Gasteiger partial charge in [0.15, 0.2) is 0 Å². The third-order valence-corrected chi connectivity index (χ3v) is 1.50. The molecule has 0 atom stereocenters. The second kappa shape index (κ2) is 3.23. The lowest BCUT2D eigenvalue weighted by Gasteiger charge is -2.11. The molecule has 1 rings (SSSR count). The first-order valence-corrected chi connectivity index (χ1v) is 3.43. The molecule has 0 saturated heterocycles. The van der Waals surface area contributed by atoms with Crippen molar-refractivity contribution in [1.82, 2.24) is 0 Å². The van der Waals surface area contributed by atoms with Gasteiger partial charge in [0.05, 0.1) is 11.3 Å². The first-order chi connectivity index (χ1) is 5.61. The van der Waals surface area contributed by atoms with Crippen LogP contribution in [0.4, 0.5) is 5.69 Å². The van der Waals surface area contributed by atoms with Gasteiger partial charge >= 0.3 is 5.97 Å². The Hall–Kier alpha value is -1.55. The van der Waals surface area contributed by atoms with Crippen LogP contribution in [0.2, 0.25) is 0 Å². The van der Waals surface area contributed by atoms with E-state index in [2.05, 4.69) is 0 Å². The van der Waals surface area contributed by atoms with E-state index >= 15 is 0 Å². The highest BCUT2D eigenvalue weighted by atomic mass is 16.4. The lowest BCUT2D eigenvalue weighted by atomic mass is 10.2. The van der Waals surface area contributed by atoms with Gasteiger partial charge in [0, 0.05) is 7.05 Å². The Morgan fingerprint density at radius 2 is 2.25 bits per heavy atom. The first-order valence-electron chi connectivity index (χ1n) is 3.43. The largest absolute Gasteiger partial charge is 0.478 e. The predicted molar refractivity (Wildman–Crippen MR) is 46.0 cm³/mol. The molecule has 0 aromatic heterocycles. The number of benzene rings is 1. The fourth-order valence-electron chi connectivity index (χ4n) is 0.858. The van der Waals surface area contributed by atoms with Crippen LogP contribution in [0.1, 0.15) is 10.4 Å². The molecule has 12 heavy (non-hydrogen) atoms. The zero-order valence-electron chi connectivity index (χ0n) is 6.69. The van der Waals surface area contributed by atoms with E-state index in [0.29, 0.717) is 5.69 Å². The minimum Gasteiger partial charge on any atom is -0.478 e. The Morgan fingerprint density at radius 1 is 1.58 bits per heavy atom. The summed E-state index contributed by atoms with van der Waals surface area (Å²) in [5.41, 5.74) is 0.916. The van der Waals surface area contributed by atoms with Crippen molar-refractivity contribution in [3.63, 3.8) is 0 Å². The second-order valence-electron chi connectivity index (χ2n) is 2.47. The number of anilines is 1. The van der Waals surface area contributed by atoms with E-state index in [9.17, 15) is 4.79 Å². The molecule has 0 aliphatic rings. The number of nitrogens with zero attached hydrogens (tertiary/aromatic N) is 1. The van der Waals surface area contributed by atoms with Crippen molar-refractivity contribution in [2.24, 2.45) is 5.84 Å². The molecule has 0 aliphatic carbocycles. The number of hydrogen-bond acceptors (Lipinski definition) is 3. The van der Waals surface area contributed by atoms with Gasteiger partial charge in [0.2, 0.25) is 0 Å². The Morgan fingerprint density at radius 3 is 2.75 bits per heavy atom. The summed E-state index contributed by atoms with van der Waals surface area (Å²) in [6, 6.07) is 6.44. The highest BCUT2D eigenvalue weighted by Gasteiger charge is 2.03. The highest BCUT2D eigenvalue weighted by molar-refractivity contribution is 5.88. The van der Waals surface area contributed by atoms with Crippen LogP contribution in [0, 0.1) is 0 Å². The standard InChI is InChI=1S/C8H10N2O2/c1-10(9)7-4-2-3-6(5-7)8(11)12/h2-5H,9H2,1H3,(H,11,12). The van der Waals surface area contributed by atoms with E-state index in [4.69, 9.17) is 10.9 Å². The maximum Gasteiger partial charge on any atom is 0.335 e. The lowest BCUT2D eigenvalue weighted by Crippen LogP contribution is -2.25. The number of rotatable bonds is 2. The van der Waals surface area contributed by atoms with Crippen LogP contribution in [0.25, 0.3) is 0 Å². The van der Waals surface area contributed by atoms with Gasteiger partial charge in [-0.1, -0.05) is 6.07 Å². The molecule has 0 heterocycles. The van der Waals surface area contributed by atoms with Gasteiger partial charge in [0.1, 0.15) is 0 Å². The van der Waals surface area contributed by atoms with E-state index in [1.807, 2.05) is 0 Å². The van der Waals surface area contributed by atoms with Gasteiger partial charge in [-0.15, -0.1) is 0 Å². The number of carbonyl (C=O) groups is 1. The molecular formula is C8H10N2O2. The summed E-state index contributed by atoms with van der Waals surface area (Å²) in [4.78, 5) is 10.5. The molecule has 0 amide bonds. The number of carboxylic acid groups (broad SMARTS) is 1. The molecule has 1 aromatic carbocycles. The van der Waals surface area contributed by atoms with Crippen LogP contribution in [-0.4, -0.2) is 18.1 Å². The summed E-state index contributed by atoms with van der Waals surface area (Å²) in [6.45, 7) is 0. The van der Waals surface area contributed by atoms with Crippen molar-refractivity contribution >= 4 is 11.7 Å². The van der Waals surface area contributed by atoms with Gasteiger partial charge < -0.3 is 10.1 Å². The van der Waals surface area contributed by atoms with Gasteiger partial charge in [-0.25, -0.2) is 10.6 Å². The normalized spacial score (nSPS) is 9.50. The topological polar surface area (TPSA) is 66.6 Å². The number of hydrogen-bond donors (Lipinski definition) is 2. The second-order valence-corrected chi connectivity index (χ2v) is 2.47. The monoisotopic (exact) mass is 166 g/mol. The van der Waals surface area contributed by atoms with Crippen LogP contribution in [0.3, 0.4) is 0 Å².